The summed E-state index contributed by atoms with van der Waals surface area (Å²) < 4.78 is 17.0. The van der Waals surface area contributed by atoms with Crippen molar-refractivity contribution in [2.75, 3.05) is 39.5 Å². The number of esters is 1. The van der Waals surface area contributed by atoms with Gasteiger partial charge in [-0.25, -0.2) is 4.79 Å². The van der Waals surface area contributed by atoms with E-state index in [-0.39, 0.29) is 5.97 Å². The average Bonchev–Trinajstić information content (AvgIpc) is 2.66. The Balaban J connectivity index is 2.71. The number of likely N-dealkylation sites (N-methyl/N-ethyl adjacent to an activating group) is 1. The summed E-state index contributed by atoms with van der Waals surface area (Å²) in [6.45, 7) is 12.7. The van der Waals surface area contributed by atoms with Gasteiger partial charge in [0.25, 0.3) is 0 Å². The first kappa shape index (κ1) is 22.3. The van der Waals surface area contributed by atoms with Gasteiger partial charge in [0.15, 0.2) is 11.5 Å². The molecule has 0 amide bonds. The second-order valence-corrected chi connectivity index (χ2v) is 6.23. The van der Waals surface area contributed by atoms with Crippen LogP contribution in [0.15, 0.2) is 18.2 Å². The summed E-state index contributed by atoms with van der Waals surface area (Å²) in [6, 6.07) is 5.28. The van der Waals surface area contributed by atoms with E-state index in [1.54, 1.807) is 18.2 Å². The van der Waals surface area contributed by atoms with Crippen LogP contribution in [0.4, 0.5) is 0 Å². The van der Waals surface area contributed by atoms with Gasteiger partial charge in [0.2, 0.25) is 0 Å². The van der Waals surface area contributed by atoms with Crippen molar-refractivity contribution >= 4 is 5.97 Å². The Bertz CT molecular complexity index is 515. The van der Waals surface area contributed by atoms with Crippen molar-refractivity contribution in [1.82, 2.24) is 4.90 Å². The molecule has 0 N–H and O–H groups in total. The summed E-state index contributed by atoms with van der Waals surface area (Å²) in [6.07, 6.45) is 4.08. The van der Waals surface area contributed by atoms with Gasteiger partial charge in [0.05, 0.1) is 18.8 Å². The molecule has 0 saturated heterocycles. The number of hydrogen-bond donors (Lipinski definition) is 0. The highest BCUT2D eigenvalue weighted by atomic mass is 16.5. The molecule has 5 heteroatoms. The van der Waals surface area contributed by atoms with Crippen LogP contribution in [0.3, 0.4) is 0 Å². The lowest BCUT2D eigenvalue weighted by Crippen LogP contribution is -2.27. The highest BCUT2D eigenvalue weighted by Gasteiger charge is 2.13. The van der Waals surface area contributed by atoms with Crippen molar-refractivity contribution in [3.8, 4) is 11.5 Å². The second-order valence-electron chi connectivity index (χ2n) is 6.23. The molecule has 0 bridgehead atoms. The maximum absolute atomic E-state index is 12.3. The number of rotatable bonds is 14. The third-order valence-corrected chi connectivity index (χ3v) is 4.23. The topological polar surface area (TPSA) is 48.0 Å². The molecular weight excluding hydrogens is 330 g/mol. The molecule has 5 nitrogen and oxygen atoms in total. The summed E-state index contributed by atoms with van der Waals surface area (Å²) in [5.74, 6) is 0.986. The van der Waals surface area contributed by atoms with Crippen molar-refractivity contribution < 1.29 is 19.0 Å². The van der Waals surface area contributed by atoms with Crippen LogP contribution in [0.25, 0.3) is 0 Å². The van der Waals surface area contributed by atoms with E-state index in [0.717, 1.165) is 45.3 Å². The van der Waals surface area contributed by atoms with E-state index in [0.29, 0.717) is 36.9 Å². The molecule has 0 spiro atoms. The summed E-state index contributed by atoms with van der Waals surface area (Å²) >= 11 is 0. The summed E-state index contributed by atoms with van der Waals surface area (Å²) in [5.41, 5.74) is 0.499. The number of nitrogens with zero attached hydrogens (tertiary/aromatic N) is 1. The minimum absolute atomic E-state index is 0.322. The standard InChI is InChI=1S/C21H35NO4/c1-5-9-14-24-19-12-11-18(17-20(19)25-15-10-6-2)21(23)26-16-13-22(7-3)8-4/h11-12,17H,5-10,13-16H2,1-4H3. The fourth-order valence-corrected chi connectivity index (χ4v) is 2.41. The van der Waals surface area contributed by atoms with Gasteiger partial charge in [0.1, 0.15) is 6.61 Å². The van der Waals surface area contributed by atoms with Gasteiger partial charge in [-0.05, 0) is 44.1 Å². The first-order chi connectivity index (χ1) is 12.7. The molecule has 0 unspecified atom stereocenters. The largest absolute Gasteiger partial charge is 0.490 e. The first-order valence-corrected chi connectivity index (χ1v) is 9.95. The van der Waals surface area contributed by atoms with Gasteiger partial charge in [-0.1, -0.05) is 40.5 Å². The number of hydrogen-bond acceptors (Lipinski definition) is 5. The monoisotopic (exact) mass is 365 g/mol. The zero-order valence-corrected chi connectivity index (χ0v) is 16.9. The zero-order valence-electron chi connectivity index (χ0n) is 16.9. The molecule has 148 valence electrons. The molecule has 0 atom stereocenters. The van der Waals surface area contributed by atoms with E-state index < -0.39 is 0 Å². The summed E-state index contributed by atoms with van der Waals surface area (Å²) in [7, 11) is 0. The maximum atomic E-state index is 12.3. The smallest absolute Gasteiger partial charge is 0.338 e. The fraction of sp³-hybridized carbons (Fsp3) is 0.667. The summed E-state index contributed by atoms with van der Waals surface area (Å²) in [4.78, 5) is 14.5. The molecule has 1 rings (SSSR count). The molecule has 0 saturated carbocycles. The zero-order chi connectivity index (χ0) is 19.2. The van der Waals surface area contributed by atoms with E-state index in [1.165, 1.54) is 0 Å². The third-order valence-electron chi connectivity index (χ3n) is 4.23. The van der Waals surface area contributed by atoms with Crippen LogP contribution < -0.4 is 9.47 Å². The van der Waals surface area contributed by atoms with E-state index in [1.807, 2.05) is 0 Å². The molecule has 0 aliphatic rings. The molecule has 0 aliphatic carbocycles. The predicted molar refractivity (Wildman–Crippen MR) is 105 cm³/mol. The number of ether oxygens (including phenoxy) is 3. The third kappa shape index (κ3) is 8.09. The SMILES string of the molecule is CCCCOc1ccc(C(=O)OCCN(CC)CC)cc1OCCCC. The van der Waals surface area contributed by atoms with Crippen LogP contribution in [0.5, 0.6) is 11.5 Å². The number of unbranched alkanes of at least 4 members (excludes halogenated alkanes) is 2. The molecule has 1 aromatic carbocycles. The van der Waals surface area contributed by atoms with Crippen molar-refractivity contribution in [2.24, 2.45) is 0 Å². The van der Waals surface area contributed by atoms with Crippen LogP contribution in [0, 0.1) is 0 Å². The normalized spacial score (nSPS) is 10.8. The molecule has 26 heavy (non-hydrogen) atoms. The highest BCUT2D eigenvalue weighted by Crippen LogP contribution is 2.29. The molecule has 0 aliphatic heterocycles. The molecule has 0 aromatic heterocycles. The lowest BCUT2D eigenvalue weighted by atomic mass is 10.2. The fourth-order valence-electron chi connectivity index (χ4n) is 2.41. The van der Waals surface area contributed by atoms with Gasteiger partial charge in [-0.15, -0.1) is 0 Å². The number of benzene rings is 1. The molecule has 0 heterocycles. The van der Waals surface area contributed by atoms with Crippen LogP contribution in [0.1, 0.15) is 63.7 Å². The van der Waals surface area contributed by atoms with Crippen LogP contribution in [-0.2, 0) is 4.74 Å². The minimum atomic E-state index is -0.322. The molecule has 1 aromatic rings. The van der Waals surface area contributed by atoms with Crippen LogP contribution >= 0.6 is 0 Å². The Morgan fingerprint density at radius 3 is 2.08 bits per heavy atom. The Hall–Kier alpha value is -1.75. The Kier molecular flexibility index (Phi) is 11.5. The van der Waals surface area contributed by atoms with Gasteiger partial charge in [-0.2, -0.15) is 0 Å². The maximum Gasteiger partial charge on any atom is 0.338 e. The first-order valence-electron chi connectivity index (χ1n) is 9.95. The van der Waals surface area contributed by atoms with Gasteiger partial charge in [-0.3, -0.25) is 0 Å². The minimum Gasteiger partial charge on any atom is -0.490 e. The van der Waals surface area contributed by atoms with Gasteiger partial charge < -0.3 is 19.1 Å². The Labute approximate surface area is 158 Å². The second kappa shape index (κ2) is 13.5. The lowest BCUT2D eigenvalue weighted by Gasteiger charge is -2.18. The summed E-state index contributed by atoms with van der Waals surface area (Å²) in [5, 5.41) is 0. The van der Waals surface area contributed by atoms with Gasteiger partial charge >= 0.3 is 5.97 Å². The molecule has 0 radical (unpaired) electrons. The van der Waals surface area contributed by atoms with Gasteiger partial charge in [0, 0.05) is 6.54 Å². The van der Waals surface area contributed by atoms with Crippen LogP contribution in [0.2, 0.25) is 0 Å². The lowest BCUT2D eigenvalue weighted by molar-refractivity contribution is 0.0466. The van der Waals surface area contributed by atoms with E-state index in [4.69, 9.17) is 14.2 Å². The molecular formula is C21H35NO4. The highest BCUT2D eigenvalue weighted by molar-refractivity contribution is 5.90. The van der Waals surface area contributed by atoms with E-state index in [9.17, 15) is 4.79 Å². The van der Waals surface area contributed by atoms with Crippen molar-refractivity contribution in [2.45, 2.75) is 53.4 Å². The van der Waals surface area contributed by atoms with Crippen molar-refractivity contribution in [3.05, 3.63) is 23.8 Å². The Morgan fingerprint density at radius 1 is 0.885 bits per heavy atom. The number of carbonyl (C=O) groups is 1. The Morgan fingerprint density at radius 2 is 1.50 bits per heavy atom. The molecule has 0 fully saturated rings. The predicted octanol–water partition coefficient (Wildman–Crippen LogP) is 4.54. The number of carbonyl (C=O) groups excluding carboxylic acids is 1. The quantitative estimate of drug-likeness (QED) is 0.358. The average molecular weight is 366 g/mol. The van der Waals surface area contributed by atoms with E-state index >= 15 is 0 Å². The van der Waals surface area contributed by atoms with Crippen LogP contribution in [-0.4, -0.2) is 50.3 Å². The van der Waals surface area contributed by atoms with E-state index in [2.05, 4.69) is 32.6 Å². The van der Waals surface area contributed by atoms with Crippen molar-refractivity contribution in [3.63, 3.8) is 0 Å². The van der Waals surface area contributed by atoms with Crippen molar-refractivity contribution in [1.29, 1.82) is 0 Å².